The van der Waals surface area contributed by atoms with E-state index >= 15 is 0 Å². The monoisotopic (exact) mass is 584 g/mol. The third-order valence-corrected chi connectivity index (χ3v) is 8.25. The van der Waals surface area contributed by atoms with Crippen LogP contribution >= 0.6 is 11.3 Å². The molecule has 13 nitrogen and oxygen atoms in total. The molecular formula is C24H32N4O9S2. The largest absolute Gasteiger partial charge is 0.465 e. The van der Waals surface area contributed by atoms with Crippen LogP contribution in [0.1, 0.15) is 24.2 Å². The molecule has 0 radical (unpaired) electrons. The van der Waals surface area contributed by atoms with Crippen molar-refractivity contribution in [2.45, 2.75) is 20.4 Å². The Balaban J connectivity index is 1.73. The van der Waals surface area contributed by atoms with Crippen molar-refractivity contribution < 1.29 is 41.8 Å². The molecule has 2 aromatic rings. The van der Waals surface area contributed by atoms with Gasteiger partial charge in [0.15, 0.2) is 14.6 Å². The molecule has 0 aliphatic carbocycles. The van der Waals surface area contributed by atoms with Gasteiger partial charge in [0, 0.05) is 39.3 Å². The molecule has 1 saturated heterocycles. The van der Waals surface area contributed by atoms with E-state index in [4.69, 9.17) is 14.2 Å². The predicted molar refractivity (Wildman–Crippen MR) is 142 cm³/mol. The molecule has 0 spiro atoms. The summed E-state index contributed by atoms with van der Waals surface area (Å²) in [5.41, 5.74) is 1.02. The minimum atomic E-state index is -4.10. The summed E-state index contributed by atoms with van der Waals surface area (Å²) in [7, 11) is -2.83. The lowest BCUT2D eigenvalue weighted by Gasteiger charge is -2.34. The van der Waals surface area contributed by atoms with E-state index in [1.165, 1.54) is 16.9 Å². The van der Waals surface area contributed by atoms with E-state index < -0.39 is 45.2 Å². The fourth-order valence-electron chi connectivity index (χ4n) is 3.93. The smallest absolute Gasteiger partial charge is 0.409 e. The van der Waals surface area contributed by atoms with Gasteiger partial charge in [-0.1, -0.05) is 11.3 Å². The van der Waals surface area contributed by atoms with Crippen LogP contribution in [0.2, 0.25) is 0 Å². The summed E-state index contributed by atoms with van der Waals surface area (Å²) in [4.78, 5) is 56.1. The number of benzene rings is 1. The van der Waals surface area contributed by atoms with E-state index in [0.717, 1.165) is 11.3 Å². The molecule has 214 valence electrons. The molecule has 0 saturated carbocycles. The molecule has 0 unspecified atom stereocenters. The van der Waals surface area contributed by atoms with Crippen LogP contribution in [0.3, 0.4) is 0 Å². The number of methoxy groups -OCH3 is 1. The van der Waals surface area contributed by atoms with Gasteiger partial charge < -0.3 is 28.6 Å². The minimum absolute atomic E-state index is 0.167. The van der Waals surface area contributed by atoms with Crippen molar-refractivity contribution >= 4 is 55.3 Å². The third-order valence-electron chi connectivity index (χ3n) is 5.83. The Hall–Kier alpha value is -3.30. The number of esters is 1. The number of ether oxygens (including phenoxy) is 3. The Morgan fingerprint density at radius 2 is 1.69 bits per heavy atom. The highest BCUT2D eigenvalue weighted by atomic mass is 32.2. The van der Waals surface area contributed by atoms with Crippen LogP contribution in [-0.4, -0.2) is 111 Å². The third kappa shape index (κ3) is 8.10. The summed E-state index contributed by atoms with van der Waals surface area (Å²) in [5.74, 6) is -3.85. The van der Waals surface area contributed by atoms with Crippen molar-refractivity contribution in [3.05, 3.63) is 28.6 Å². The lowest BCUT2D eigenvalue weighted by atomic mass is 10.2. The van der Waals surface area contributed by atoms with E-state index in [2.05, 4.69) is 4.99 Å². The SMILES string of the molecule is CCOCCn1c(=NC(=O)CS(=O)(=O)CC(=O)N2CCN(C(=O)OCC)CC2)sc2cc(C(=O)OC)ccc21. The van der Waals surface area contributed by atoms with Gasteiger partial charge in [-0.25, -0.2) is 18.0 Å². The first-order valence-electron chi connectivity index (χ1n) is 12.4. The van der Waals surface area contributed by atoms with Gasteiger partial charge in [-0.05, 0) is 32.0 Å². The van der Waals surface area contributed by atoms with E-state index in [0.29, 0.717) is 35.5 Å². The molecule has 39 heavy (non-hydrogen) atoms. The second-order valence-corrected chi connectivity index (χ2v) is 11.6. The molecule has 0 atom stereocenters. The van der Waals surface area contributed by atoms with Crippen molar-refractivity contribution in [1.82, 2.24) is 14.4 Å². The zero-order valence-electron chi connectivity index (χ0n) is 22.1. The van der Waals surface area contributed by atoms with E-state index in [1.807, 2.05) is 6.92 Å². The normalized spacial score (nSPS) is 14.5. The van der Waals surface area contributed by atoms with Crippen LogP contribution in [0.15, 0.2) is 23.2 Å². The number of thiazole rings is 1. The lowest BCUT2D eigenvalue weighted by Crippen LogP contribution is -2.52. The quantitative estimate of drug-likeness (QED) is 0.290. The maximum absolute atomic E-state index is 12.7. The summed E-state index contributed by atoms with van der Waals surface area (Å²) in [6, 6.07) is 4.90. The van der Waals surface area contributed by atoms with E-state index in [9.17, 15) is 27.6 Å². The molecule has 1 aliphatic heterocycles. The van der Waals surface area contributed by atoms with Crippen molar-refractivity contribution in [3.63, 3.8) is 0 Å². The molecule has 1 fully saturated rings. The average molecular weight is 585 g/mol. The molecule has 1 aliphatic rings. The van der Waals surface area contributed by atoms with Crippen molar-refractivity contribution in [3.8, 4) is 0 Å². The zero-order valence-corrected chi connectivity index (χ0v) is 23.7. The van der Waals surface area contributed by atoms with Gasteiger partial charge in [0.05, 0.1) is 36.1 Å². The Morgan fingerprint density at radius 3 is 2.33 bits per heavy atom. The first-order valence-corrected chi connectivity index (χ1v) is 15.0. The number of piperazine rings is 1. The highest BCUT2D eigenvalue weighted by Crippen LogP contribution is 2.20. The summed E-state index contributed by atoms with van der Waals surface area (Å²) >= 11 is 1.12. The number of hydrogen-bond donors (Lipinski definition) is 0. The Bertz CT molecular complexity index is 1390. The van der Waals surface area contributed by atoms with E-state index in [-0.39, 0.29) is 37.6 Å². The first kappa shape index (κ1) is 30.2. The second-order valence-electron chi connectivity index (χ2n) is 8.51. The topological polar surface area (TPSA) is 154 Å². The molecule has 1 aromatic carbocycles. The number of sulfone groups is 1. The van der Waals surface area contributed by atoms with Gasteiger partial charge in [0.25, 0.3) is 5.91 Å². The zero-order chi connectivity index (χ0) is 28.6. The Labute approximate surface area is 229 Å². The minimum Gasteiger partial charge on any atom is -0.465 e. The first-order chi connectivity index (χ1) is 18.6. The van der Waals surface area contributed by atoms with Crippen LogP contribution in [0.25, 0.3) is 10.2 Å². The number of fused-ring (bicyclic) bond motifs is 1. The Kier molecular flexibility index (Phi) is 10.6. The molecule has 3 amide bonds. The van der Waals surface area contributed by atoms with Gasteiger partial charge in [-0.2, -0.15) is 4.99 Å². The number of rotatable bonds is 10. The predicted octanol–water partition coefficient (Wildman–Crippen LogP) is 0.669. The fourth-order valence-corrected chi connectivity index (χ4v) is 6.14. The Morgan fingerprint density at radius 1 is 1.00 bits per heavy atom. The summed E-state index contributed by atoms with van der Waals surface area (Å²) < 4.78 is 42.8. The molecule has 0 bridgehead atoms. The van der Waals surface area contributed by atoms with Crippen LogP contribution in [0.4, 0.5) is 4.79 Å². The average Bonchev–Trinajstić information content (AvgIpc) is 3.23. The molecular weight excluding hydrogens is 552 g/mol. The molecule has 3 rings (SSSR count). The number of carbonyl (C=O) groups is 4. The number of carbonyl (C=O) groups excluding carboxylic acids is 4. The van der Waals surface area contributed by atoms with Gasteiger partial charge in [-0.15, -0.1) is 0 Å². The van der Waals surface area contributed by atoms with Gasteiger partial charge in [-0.3, -0.25) is 9.59 Å². The van der Waals surface area contributed by atoms with Gasteiger partial charge in [0.2, 0.25) is 5.91 Å². The van der Waals surface area contributed by atoms with Crippen LogP contribution in [-0.2, 0) is 40.2 Å². The highest BCUT2D eigenvalue weighted by molar-refractivity contribution is 7.92. The molecule has 1 aromatic heterocycles. The van der Waals surface area contributed by atoms with Gasteiger partial charge >= 0.3 is 12.1 Å². The number of aromatic nitrogens is 1. The van der Waals surface area contributed by atoms with Crippen LogP contribution < -0.4 is 4.80 Å². The van der Waals surface area contributed by atoms with Crippen LogP contribution in [0, 0.1) is 0 Å². The van der Waals surface area contributed by atoms with E-state index in [1.54, 1.807) is 29.7 Å². The van der Waals surface area contributed by atoms with Crippen molar-refractivity contribution in [1.29, 1.82) is 0 Å². The second kappa shape index (κ2) is 13.7. The fraction of sp³-hybridized carbons (Fsp3) is 0.542. The number of hydrogen-bond acceptors (Lipinski definition) is 10. The van der Waals surface area contributed by atoms with Crippen molar-refractivity contribution in [2.75, 3.05) is 64.6 Å². The maximum atomic E-state index is 12.7. The number of nitrogens with zero attached hydrogens (tertiary/aromatic N) is 4. The lowest BCUT2D eigenvalue weighted by molar-refractivity contribution is -0.130. The van der Waals surface area contributed by atoms with Crippen molar-refractivity contribution in [2.24, 2.45) is 4.99 Å². The summed E-state index contributed by atoms with van der Waals surface area (Å²) in [5, 5.41) is 0. The number of amides is 3. The molecule has 15 heteroatoms. The standard InChI is InChI=1S/C24H32N4O9S2/c1-4-36-13-12-28-18-7-6-17(22(31)35-3)14-19(18)38-23(28)25-20(29)15-39(33,34)16-21(30)26-8-10-27(11-9-26)24(32)37-5-2/h6-7,14H,4-5,8-13,15-16H2,1-3H3. The van der Waals surface area contributed by atoms with Crippen LogP contribution in [0.5, 0.6) is 0 Å². The summed E-state index contributed by atoms with van der Waals surface area (Å²) in [6.07, 6.45) is -0.481. The maximum Gasteiger partial charge on any atom is 0.409 e. The van der Waals surface area contributed by atoms with Gasteiger partial charge in [0.1, 0.15) is 11.5 Å². The molecule has 2 heterocycles. The highest BCUT2D eigenvalue weighted by Gasteiger charge is 2.29. The summed E-state index contributed by atoms with van der Waals surface area (Å²) in [6.45, 7) is 5.73. The molecule has 0 N–H and O–H groups in total.